The van der Waals surface area contributed by atoms with Gasteiger partial charge in [0.2, 0.25) is 5.28 Å². The highest BCUT2D eigenvalue weighted by atomic mass is 32.2. The number of hydrazine groups is 1. The number of aromatic nitrogens is 2. The number of benzene rings is 2. The minimum atomic E-state index is -4.72. The number of nitrogens with zero attached hydrogens (tertiary/aromatic N) is 5. The molecule has 1 unspecified atom stereocenters. The lowest BCUT2D eigenvalue weighted by Crippen LogP contribution is -2.54. The van der Waals surface area contributed by atoms with Crippen molar-refractivity contribution in [1.29, 1.82) is 0 Å². The molecule has 2 heterocycles. The number of aryl methyl sites for hydroxylation is 1. The smallest absolute Gasteiger partial charge is 0.511 e. The number of carbonyl (C=O) groups excluding carboxylic acids is 2. The van der Waals surface area contributed by atoms with Crippen LogP contribution in [0.5, 0.6) is 0 Å². The molecule has 1 aliphatic rings. The van der Waals surface area contributed by atoms with Gasteiger partial charge < -0.3 is 19.4 Å². The van der Waals surface area contributed by atoms with Crippen molar-refractivity contribution in [2.75, 3.05) is 13.2 Å². The Labute approximate surface area is 273 Å². The summed E-state index contributed by atoms with van der Waals surface area (Å²) in [4.78, 5) is 28.5. The van der Waals surface area contributed by atoms with Crippen molar-refractivity contribution in [3.63, 3.8) is 0 Å². The maximum atomic E-state index is 13.5. The van der Waals surface area contributed by atoms with Crippen LogP contribution in [0.2, 0.25) is 0 Å². The maximum absolute atomic E-state index is 13.5. The highest BCUT2D eigenvalue weighted by molar-refractivity contribution is 7.90. The van der Waals surface area contributed by atoms with E-state index in [-0.39, 0.29) is 34.4 Å². The van der Waals surface area contributed by atoms with Gasteiger partial charge in [-0.1, -0.05) is 29.8 Å². The van der Waals surface area contributed by atoms with E-state index >= 15 is 0 Å². The molecule has 0 bridgehead atoms. The second-order valence-corrected chi connectivity index (χ2v) is 13.3. The van der Waals surface area contributed by atoms with Gasteiger partial charge >= 0.3 is 18.4 Å². The molecule has 260 valence electrons. The molecule has 0 saturated carbocycles. The summed E-state index contributed by atoms with van der Waals surface area (Å²) < 4.78 is 83.7. The third-order valence-corrected chi connectivity index (χ3v) is 7.94. The zero-order valence-corrected chi connectivity index (χ0v) is 27.2. The third kappa shape index (κ3) is 9.26. The molecular formula is C29H33F3N6O9S. The molecule has 1 N–H and O–H groups in total. The summed E-state index contributed by atoms with van der Waals surface area (Å²) in [5.41, 5.74) is -0.317. The zero-order valence-electron chi connectivity index (χ0n) is 26.4. The summed E-state index contributed by atoms with van der Waals surface area (Å²) in [5, 5.41) is 20.4. The number of hydrogen-bond donors (Lipinski definition) is 1. The van der Waals surface area contributed by atoms with E-state index in [2.05, 4.69) is 10.4 Å². The Morgan fingerprint density at radius 3 is 2.33 bits per heavy atom. The van der Waals surface area contributed by atoms with Crippen LogP contribution in [0, 0.1) is 12.1 Å². The second kappa shape index (κ2) is 14.0. The Morgan fingerprint density at radius 1 is 1.12 bits per heavy atom. The molecule has 1 saturated heterocycles. The quantitative estimate of drug-likeness (QED) is 0.0935. The Bertz CT molecular complexity index is 1760. The monoisotopic (exact) mass is 698 g/mol. The van der Waals surface area contributed by atoms with Crippen molar-refractivity contribution in [2.24, 2.45) is 5.28 Å². The summed E-state index contributed by atoms with van der Waals surface area (Å²) in [6.45, 7) is 7.86. The highest BCUT2D eigenvalue weighted by Crippen LogP contribution is 2.33. The first-order valence-electron chi connectivity index (χ1n) is 14.4. The molecule has 1 amide bonds. The predicted molar refractivity (Wildman–Crippen MR) is 159 cm³/mol. The first-order valence-corrected chi connectivity index (χ1v) is 15.9. The number of alkyl halides is 3. The molecule has 3 aromatic rings. The molecule has 19 heteroatoms. The summed E-state index contributed by atoms with van der Waals surface area (Å²) in [5.74, 6) is 0. The van der Waals surface area contributed by atoms with Crippen LogP contribution in [0.1, 0.15) is 45.4 Å². The lowest BCUT2D eigenvalue weighted by Gasteiger charge is -2.34. The molecular weight excluding hydrogens is 665 g/mol. The molecule has 48 heavy (non-hydrogen) atoms. The maximum Gasteiger partial charge on any atom is 0.511 e. The zero-order chi connectivity index (χ0) is 35.4. The second-order valence-electron chi connectivity index (χ2n) is 11.6. The van der Waals surface area contributed by atoms with Crippen LogP contribution in [0.4, 0.5) is 22.8 Å². The van der Waals surface area contributed by atoms with Gasteiger partial charge in [-0.2, -0.15) is 18.3 Å². The van der Waals surface area contributed by atoms with Crippen LogP contribution < -0.4 is 4.72 Å². The number of carbonyl (C=O) groups is 2. The van der Waals surface area contributed by atoms with Crippen LogP contribution in [0.25, 0.3) is 16.9 Å². The van der Waals surface area contributed by atoms with Gasteiger partial charge in [0.1, 0.15) is 18.2 Å². The van der Waals surface area contributed by atoms with Crippen LogP contribution in [0.3, 0.4) is 0 Å². The molecule has 1 fully saturated rings. The summed E-state index contributed by atoms with van der Waals surface area (Å²) in [7, 11) is -4.46. The fourth-order valence-electron chi connectivity index (χ4n) is 4.19. The van der Waals surface area contributed by atoms with Crippen molar-refractivity contribution >= 4 is 22.3 Å². The van der Waals surface area contributed by atoms with Gasteiger partial charge in [0.15, 0.2) is 5.69 Å². The van der Waals surface area contributed by atoms with Crippen molar-refractivity contribution < 1.29 is 55.2 Å². The molecule has 0 spiro atoms. The molecule has 15 nitrogen and oxygen atoms in total. The van der Waals surface area contributed by atoms with Crippen molar-refractivity contribution in [3.05, 3.63) is 71.1 Å². The van der Waals surface area contributed by atoms with Gasteiger partial charge in [-0.05, 0) is 64.4 Å². The van der Waals surface area contributed by atoms with E-state index < -0.39 is 52.1 Å². The van der Waals surface area contributed by atoms with Crippen molar-refractivity contribution in [2.45, 2.75) is 70.0 Å². The topological polar surface area (TPSA) is 177 Å². The minimum Gasteiger partial charge on any atom is -0.569 e. The molecule has 1 aliphatic heterocycles. The Balaban J connectivity index is 1.34. The standard InChI is InChI=1S/C29H33F3N6O9S/c1-18-6-8-20(9-7-18)24-16-25(29(30,31)32)33-37(24)21-10-12-23(13-11-21)48(42,43)34-26(39)44-17-22-14-15-36(22)38(41)35-47-19(2)45-27(40)46-28(3,4)5/h6-13,16,19,22H,14-15,17H2,1-5H3,(H,34,39)/t19?,22-/m0/s1. The van der Waals surface area contributed by atoms with Crippen LogP contribution in [-0.4, -0.2) is 71.5 Å². The highest BCUT2D eigenvalue weighted by Gasteiger charge is 2.37. The van der Waals surface area contributed by atoms with Crippen LogP contribution >= 0.6 is 0 Å². The van der Waals surface area contributed by atoms with Gasteiger partial charge in [0, 0.05) is 12.5 Å². The van der Waals surface area contributed by atoms with E-state index in [0.29, 0.717) is 12.0 Å². The van der Waals surface area contributed by atoms with E-state index in [1.807, 2.05) is 6.92 Å². The van der Waals surface area contributed by atoms with Crippen LogP contribution in [-0.2, 0) is 35.2 Å². The van der Waals surface area contributed by atoms with Gasteiger partial charge in [0.05, 0.1) is 27.8 Å². The normalized spacial score (nSPS) is 16.0. The Hall–Kier alpha value is -5.07. The van der Waals surface area contributed by atoms with E-state index in [4.69, 9.17) is 19.0 Å². The Kier molecular flexibility index (Phi) is 10.4. The van der Waals surface area contributed by atoms with Crippen molar-refractivity contribution in [1.82, 2.24) is 19.5 Å². The van der Waals surface area contributed by atoms with E-state index in [1.54, 1.807) is 49.8 Å². The molecule has 2 atom stereocenters. The lowest BCUT2D eigenvalue weighted by molar-refractivity contribution is -0.734. The van der Waals surface area contributed by atoms with E-state index in [0.717, 1.165) is 33.5 Å². The summed E-state index contributed by atoms with van der Waals surface area (Å²) in [6, 6.07) is 11.6. The van der Waals surface area contributed by atoms with Crippen molar-refractivity contribution in [3.8, 4) is 16.9 Å². The van der Waals surface area contributed by atoms with Gasteiger partial charge in [-0.25, -0.2) is 27.4 Å². The minimum absolute atomic E-state index is 0.0736. The average molecular weight is 699 g/mol. The number of ether oxygens (including phenoxy) is 3. The first-order chi connectivity index (χ1) is 22.3. The third-order valence-electron chi connectivity index (χ3n) is 6.61. The fraction of sp³-hybridized carbons (Fsp3) is 0.414. The number of halogens is 3. The summed E-state index contributed by atoms with van der Waals surface area (Å²) in [6.07, 6.45) is -7.95. The molecule has 4 rings (SSSR count). The molecule has 1 aromatic heterocycles. The molecule has 0 radical (unpaired) electrons. The molecule has 2 aromatic carbocycles. The van der Waals surface area contributed by atoms with Gasteiger partial charge in [-0.15, -0.1) is 5.01 Å². The number of sulfonamides is 1. The number of rotatable bonds is 10. The Morgan fingerprint density at radius 2 is 1.77 bits per heavy atom. The number of nitrogens with one attached hydrogen (secondary N) is 1. The van der Waals surface area contributed by atoms with E-state index in [1.165, 1.54) is 19.1 Å². The average Bonchev–Trinajstić information content (AvgIpc) is 3.41. The predicted octanol–water partition coefficient (Wildman–Crippen LogP) is 5.46. The SMILES string of the molecule is Cc1ccc(-c2cc(C(F)(F)F)nn2-c2ccc(S(=O)(=O)NC(=O)OC[C@@H]3CCN3[N+]([O-])=NOC(C)OC(=O)OC(C)(C)C)cc2)cc1. The fourth-order valence-corrected chi connectivity index (χ4v) is 5.08. The number of amides is 1. The number of hydrogen-bond acceptors (Lipinski definition) is 11. The van der Waals surface area contributed by atoms with Gasteiger partial charge in [0.25, 0.3) is 16.3 Å². The largest absolute Gasteiger partial charge is 0.569 e. The van der Waals surface area contributed by atoms with E-state index in [9.17, 15) is 36.4 Å². The lowest BCUT2D eigenvalue weighted by atomic mass is 10.1. The van der Waals surface area contributed by atoms with Gasteiger partial charge in [-0.3, -0.25) is 4.84 Å². The first kappa shape index (κ1) is 35.8. The van der Waals surface area contributed by atoms with Crippen LogP contribution in [0.15, 0.2) is 64.8 Å². The molecule has 0 aliphatic carbocycles. The summed E-state index contributed by atoms with van der Waals surface area (Å²) >= 11 is 0.